The first-order chi connectivity index (χ1) is 20.0. The standard InChI is InChI=1S/C31H28N8O2/c1-37-15-23(13-35-37)21-9-24(29-22(10-32)12-36-39(29)16-21)20-7-8-28(33-11-20)38-17-26-25(27(26)18-38)14-34-31(41)30(40)19-5-3-2-4-6-19/h2-9,11-13,15-16,25-27,30,40H,14,17-18H2,1H3,(H,34,41)/t25?,26-,27+,30?. The van der Waals surface area contributed by atoms with E-state index in [1.54, 1.807) is 27.5 Å². The summed E-state index contributed by atoms with van der Waals surface area (Å²) < 4.78 is 3.50. The number of benzene rings is 1. The van der Waals surface area contributed by atoms with E-state index < -0.39 is 6.10 Å². The summed E-state index contributed by atoms with van der Waals surface area (Å²) in [7, 11) is 1.88. The first-order valence-electron chi connectivity index (χ1n) is 13.6. The molecule has 1 saturated heterocycles. The average molecular weight is 545 g/mol. The first kappa shape index (κ1) is 25.0. The van der Waals surface area contributed by atoms with Crippen LogP contribution < -0.4 is 10.2 Å². The molecule has 4 atom stereocenters. The molecule has 2 unspecified atom stereocenters. The van der Waals surface area contributed by atoms with Crippen molar-refractivity contribution in [2.75, 3.05) is 24.5 Å². The van der Waals surface area contributed by atoms with E-state index in [0.29, 0.717) is 35.4 Å². The number of carbonyl (C=O) groups is 1. The van der Waals surface area contributed by atoms with Gasteiger partial charge in [-0.15, -0.1) is 0 Å². The number of piperidine rings is 1. The van der Waals surface area contributed by atoms with Gasteiger partial charge in [-0.05, 0) is 41.5 Å². The van der Waals surface area contributed by atoms with Gasteiger partial charge in [0.15, 0.2) is 6.10 Å². The molecule has 1 amide bonds. The zero-order valence-electron chi connectivity index (χ0n) is 22.4. The van der Waals surface area contributed by atoms with Crippen molar-refractivity contribution in [3.8, 4) is 28.3 Å². The lowest BCUT2D eigenvalue weighted by atomic mass is 10.0. The van der Waals surface area contributed by atoms with Crippen molar-refractivity contribution in [1.82, 2.24) is 29.7 Å². The molecule has 1 aromatic carbocycles. The fraction of sp³-hybridized carbons (Fsp3) is 0.258. The highest BCUT2D eigenvalue weighted by Crippen LogP contribution is 2.52. The fourth-order valence-electron chi connectivity index (χ4n) is 6.13. The van der Waals surface area contributed by atoms with Crippen molar-refractivity contribution < 1.29 is 9.90 Å². The molecule has 2 fully saturated rings. The van der Waals surface area contributed by atoms with Crippen LogP contribution in [0.1, 0.15) is 17.2 Å². The van der Waals surface area contributed by atoms with Crippen molar-refractivity contribution in [2.24, 2.45) is 24.8 Å². The van der Waals surface area contributed by atoms with Crippen LogP contribution in [0, 0.1) is 29.1 Å². The Hall–Kier alpha value is -5.01. The number of aromatic nitrogens is 5. The summed E-state index contributed by atoms with van der Waals surface area (Å²) in [5, 5.41) is 31.7. The van der Waals surface area contributed by atoms with Gasteiger partial charge in [-0.25, -0.2) is 9.50 Å². The minimum atomic E-state index is -1.15. The van der Waals surface area contributed by atoms with Crippen LogP contribution in [-0.2, 0) is 11.8 Å². The maximum absolute atomic E-state index is 12.4. The van der Waals surface area contributed by atoms with Gasteiger partial charge in [0.25, 0.3) is 5.91 Å². The number of hydrogen-bond acceptors (Lipinski definition) is 7. The van der Waals surface area contributed by atoms with Crippen LogP contribution in [0.4, 0.5) is 5.82 Å². The second-order valence-corrected chi connectivity index (χ2v) is 10.9. The van der Waals surface area contributed by atoms with Crippen LogP contribution in [0.25, 0.3) is 27.8 Å². The van der Waals surface area contributed by atoms with E-state index in [4.69, 9.17) is 4.98 Å². The zero-order valence-corrected chi connectivity index (χ0v) is 22.4. The molecule has 2 N–H and O–H groups in total. The van der Waals surface area contributed by atoms with E-state index in [0.717, 1.165) is 46.7 Å². The molecule has 4 aromatic heterocycles. The fourth-order valence-corrected chi connectivity index (χ4v) is 6.13. The number of aliphatic hydroxyl groups excluding tert-OH is 1. The first-order valence-corrected chi connectivity index (χ1v) is 13.6. The van der Waals surface area contributed by atoms with Crippen molar-refractivity contribution in [1.29, 1.82) is 5.26 Å². The summed E-state index contributed by atoms with van der Waals surface area (Å²) in [6.45, 7) is 2.36. The molecule has 0 radical (unpaired) electrons. The quantitative estimate of drug-likeness (QED) is 0.322. The van der Waals surface area contributed by atoms with Crippen LogP contribution in [0.2, 0.25) is 0 Å². The second-order valence-electron chi connectivity index (χ2n) is 10.9. The summed E-state index contributed by atoms with van der Waals surface area (Å²) in [5.41, 5.74) is 5.57. The van der Waals surface area contributed by atoms with Gasteiger partial charge in [0.2, 0.25) is 0 Å². The molecule has 1 aliphatic carbocycles. The lowest BCUT2D eigenvalue weighted by Gasteiger charge is -2.21. The molecule has 1 aliphatic heterocycles. The normalized spacial score (nSPS) is 20.0. The van der Waals surface area contributed by atoms with Crippen LogP contribution in [0.3, 0.4) is 0 Å². The third kappa shape index (κ3) is 4.50. The molecule has 0 bridgehead atoms. The van der Waals surface area contributed by atoms with Crippen LogP contribution in [-0.4, -0.2) is 55.0 Å². The minimum absolute atomic E-state index is 0.352. The molecule has 41 heavy (non-hydrogen) atoms. The largest absolute Gasteiger partial charge is 0.378 e. The van der Waals surface area contributed by atoms with E-state index in [9.17, 15) is 15.2 Å². The van der Waals surface area contributed by atoms with Crippen LogP contribution in [0.5, 0.6) is 0 Å². The summed E-state index contributed by atoms with van der Waals surface area (Å²) in [6.07, 6.45) is 7.97. The number of pyridine rings is 2. The molecular formula is C31H28N8O2. The van der Waals surface area contributed by atoms with Crippen molar-refractivity contribution in [2.45, 2.75) is 6.10 Å². The molecular weight excluding hydrogens is 516 g/mol. The second kappa shape index (κ2) is 9.87. The summed E-state index contributed by atoms with van der Waals surface area (Å²) in [4.78, 5) is 19.5. The van der Waals surface area contributed by atoms with Gasteiger partial charge in [-0.2, -0.15) is 15.5 Å². The van der Waals surface area contributed by atoms with E-state index in [1.165, 1.54) is 0 Å². The zero-order chi connectivity index (χ0) is 28.1. The Morgan fingerprint density at radius 2 is 1.85 bits per heavy atom. The minimum Gasteiger partial charge on any atom is -0.378 e. The topological polar surface area (TPSA) is 124 Å². The Morgan fingerprint density at radius 3 is 2.54 bits per heavy atom. The number of carbonyl (C=O) groups excluding carboxylic acids is 1. The van der Waals surface area contributed by atoms with E-state index >= 15 is 0 Å². The van der Waals surface area contributed by atoms with Gasteiger partial charge in [0.1, 0.15) is 11.9 Å². The number of fused-ring (bicyclic) bond motifs is 2. The average Bonchev–Trinajstić information content (AvgIpc) is 3.44. The SMILES string of the molecule is Cn1cc(-c2cc(-c3ccc(N4C[C@@H]5C(CNC(=O)C(O)c6ccccc6)[C@@H]5C4)nc3)c3c(C#N)cnn3c2)cn1. The predicted octanol–water partition coefficient (Wildman–Crippen LogP) is 3.20. The maximum Gasteiger partial charge on any atom is 0.253 e. The number of anilines is 1. The van der Waals surface area contributed by atoms with Gasteiger partial charge < -0.3 is 15.3 Å². The van der Waals surface area contributed by atoms with Gasteiger partial charge >= 0.3 is 0 Å². The number of nitriles is 1. The third-order valence-corrected chi connectivity index (χ3v) is 8.40. The molecule has 10 nitrogen and oxygen atoms in total. The Morgan fingerprint density at radius 1 is 1.05 bits per heavy atom. The smallest absolute Gasteiger partial charge is 0.253 e. The Balaban J connectivity index is 1.03. The Bertz CT molecular complexity index is 1770. The molecule has 0 spiro atoms. The number of amides is 1. The van der Waals surface area contributed by atoms with Crippen molar-refractivity contribution >= 4 is 17.2 Å². The third-order valence-electron chi connectivity index (χ3n) is 8.40. The van der Waals surface area contributed by atoms with E-state index in [2.05, 4.69) is 32.5 Å². The lowest BCUT2D eigenvalue weighted by molar-refractivity contribution is -0.129. The highest BCUT2D eigenvalue weighted by Gasteiger charge is 2.55. The lowest BCUT2D eigenvalue weighted by Crippen LogP contribution is -2.33. The van der Waals surface area contributed by atoms with Crippen molar-refractivity contribution in [3.05, 3.63) is 90.6 Å². The number of hydrogen-bond donors (Lipinski definition) is 2. The number of aliphatic hydroxyl groups is 1. The molecule has 2 aliphatic rings. The highest BCUT2D eigenvalue weighted by atomic mass is 16.3. The summed E-state index contributed by atoms with van der Waals surface area (Å²) >= 11 is 0. The summed E-state index contributed by atoms with van der Waals surface area (Å²) in [6, 6.07) is 17.4. The maximum atomic E-state index is 12.4. The number of aryl methyl sites for hydroxylation is 1. The van der Waals surface area contributed by atoms with Crippen LogP contribution in [0.15, 0.2) is 79.5 Å². The molecule has 204 valence electrons. The predicted molar refractivity (Wildman–Crippen MR) is 152 cm³/mol. The van der Waals surface area contributed by atoms with E-state index in [1.807, 2.05) is 62.2 Å². The molecule has 5 heterocycles. The number of nitrogens with one attached hydrogen (secondary N) is 1. The number of nitrogens with zero attached hydrogens (tertiary/aromatic N) is 7. The van der Waals surface area contributed by atoms with Crippen molar-refractivity contribution in [3.63, 3.8) is 0 Å². The van der Waals surface area contributed by atoms with Gasteiger partial charge in [-0.1, -0.05) is 30.3 Å². The monoisotopic (exact) mass is 544 g/mol. The number of rotatable bonds is 7. The van der Waals surface area contributed by atoms with Gasteiger partial charge in [0.05, 0.1) is 23.5 Å². The molecule has 5 aromatic rings. The van der Waals surface area contributed by atoms with Crippen LogP contribution >= 0.6 is 0 Å². The van der Waals surface area contributed by atoms with E-state index in [-0.39, 0.29) is 5.91 Å². The highest BCUT2D eigenvalue weighted by molar-refractivity contribution is 5.87. The molecule has 1 saturated carbocycles. The Kier molecular flexibility index (Phi) is 6.02. The Labute approximate surface area is 236 Å². The molecule has 10 heteroatoms. The summed E-state index contributed by atoms with van der Waals surface area (Å²) in [5.74, 6) is 2.00. The van der Waals surface area contributed by atoms with Gasteiger partial charge in [-0.3, -0.25) is 9.48 Å². The molecule has 7 rings (SSSR count). The van der Waals surface area contributed by atoms with Gasteiger partial charge in [0, 0.05) is 67.5 Å².